The molecule has 9 nitrogen and oxygen atoms in total. The van der Waals surface area contributed by atoms with Crippen LogP contribution in [0.15, 0.2) is 97.2 Å². The molecule has 16 heteroatoms. The highest BCUT2D eigenvalue weighted by Crippen LogP contribution is 2.39. The number of carbonyl (C=O) groups is 2. The van der Waals surface area contributed by atoms with Crippen molar-refractivity contribution in [3.05, 3.63) is 114 Å². The minimum atomic E-state index is -5.16. The fourth-order valence-corrected chi connectivity index (χ4v) is 7.56. The number of imidazole rings is 1. The quantitative estimate of drug-likeness (QED) is 0.132. The van der Waals surface area contributed by atoms with Crippen molar-refractivity contribution in [2.24, 2.45) is 0 Å². The minimum Gasteiger partial charge on any atom is -0.492 e. The lowest BCUT2D eigenvalue weighted by molar-refractivity contribution is -0.143. The maximum absolute atomic E-state index is 14.0. The zero-order valence-corrected chi connectivity index (χ0v) is 30.7. The number of nitrogens with one attached hydrogen (secondary N) is 1. The van der Waals surface area contributed by atoms with Crippen LogP contribution in [-0.2, 0) is 33.1 Å². The summed E-state index contributed by atoms with van der Waals surface area (Å²) in [5.74, 6) is -1.01. The first-order chi connectivity index (χ1) is 26.7. The number of rotatable bonds is 11. The molecule has 1 aliphatic rings. The number of thiazole rings is 1. The van der Waals surface area contributed by atoms with Crippen molar-refractivity contribution < 1.29 is 45.4 Å². The van der Waals surface area contributed by atoms with Gasteiger partial charge in [0.25, 0.3) is 0 Å². The molecule has 1 fully saturated rings. The van der Waals surface area contributed by atoms with Crippen LogP contribution in [0.25, 0.3) is 26.4 Å². The van der Waals surface area contributed by atoms with Crippen LogP contribution in [0.3, 0.4) is 0 Å². The van der Waals surface area contributed by atoms with Crippen molar-refractivity contribution in [3.8, 4) is 17.0 Å². The standard InChI is InChI=1S/C40H35F6N5O4S/c1-25(52)51(31-21-28(39(41,42)43)20-29(22-31)40(44,45)46)35(19-26-5-3-2-4-6-26)37(53)47-30-9-7-27(8-10-30)33-24-50-34-23-32(11-12-36(34)56-38(50)48-33)55-18-15-49-13-16-54-17-14-49/h2-12,20-24,35H,13-19H2,1H3,(H,47,53). The molecule has 4 aromatic carbocycles. The summed E-state index contributed by atoms with van der Waals surface area (Å²) in [4.78, 5) is 35.6. The van der Waals surface area contributed by atoms with Crippen molar-refractivity contribution in [1.29, 1.82) is 0 Å². The molecule has 292 valence electrons. The summed E-state index contributed by atoms with van der Waals surface area (Å²) >= 11 is 1.52. The molecular weight excluding hydrogens is 761 g/mol. The topological polar surface area (TPSA) is 88.4 Å². The molecule has 0 radical (unpaired) electrons. The first-order valence-electron chi connectivity index (χ1n) is 17.6. The van der Waals surface area contributed by atoms with Crippen molar-refractivity contribution in [1.82, 2.24) is 14.3 Å². The van der Waals surface area contributed by atoms with Crippen molar-refractivity contribution in [3.63, 3.8) is 0 Å². The Labute approximate surface area is 321 Å². The number of anilines is 2. The van der Waals surface area contributed by atoms with Crippen LogP contribution in [0.2, 0.25) is 0 Å². The fourth-order valence-electron chi connectivity index (χ4n) is 6.57. The van der Waals surface area contributed by atoms with E-state index in [1.54, 1.807) is 54.6 Å². The smallest absolute Gasteiger partial charge is 0.416 e. The molecule has 1 saturated heterocycles. The largest absolute Gasteiger partial charge is 0.492 e. The highest BCUT2D eigenvalue weighted by molar-refractivity contribution is 7.23. The maximum atomic E-state index is 14.0. The van der Waals surface area contributed by atoms with Crippen LogP contribution < -0.4 is 15.0 Å². The number of amides is 2. The van der Waals surface area contributed by atoms with Crippen molar-refractivity contribution in [2.75, 3.05) is 49.7 Å². The number of nitrogens with zero attached hydrogens (tertiary/aromatic N) is 4. The van der Waals surface area contributed by atoms with Gasteiger partial charge < -0.3 is 14.8 Å². The lowest BCUT2D eigenvalue weighted by Crippen LogP contribution is -2.48. The summed E-state index contributed by atoms with van der Waals surface area (Å²) in [5.41, 5.74) is -0.817. The van der Waals surface area contributed by atoms with E-state index in [4.69, 9.17) is 14.5 Å². The number of hydrogen-bond donors (Lipinski definition) is 1. The summed E-state index contributed by atoms with van der Waals surface area (Å²) in [6.07, 6.45) is -8.63. The molecule has 0 saturated carbocycles. The number of ether oxygens (including phenoxy) is 2. The van der Waals surface area contributed by atoms with Gasteiger partial charge in [-0.3, -0.25) is 23.8 Å². The van der Waals surface area contributed by atoms with Crippen molar-refractivity contribution >= 4 is 49.7 Å². The molecule has 56 heavy (non-hydrogen) atoms. The maximum Gasteiger partial charge on any atom is 0.416 e. The van der Waals surface area contributed by atoms with E-state index in [0.29, 0.717) is 34.9 Å². The predicted octanol–water partition coefficient (Wildman–Crippen LogP) is 8.57. The Balaban J connectivity index is 1.12. The van der Waals surface area contributed by atoms with E-state index >= 15 is 0 Å². The number of fused-ring (bicyclic) bond motifs is 3. The Morgan fingerprint density at radius 1 is 0.911 bits per heavy atom. The normalized spacial score (nSPS) is 14.6. The van der Waals surface area contributed by atoms with E-state index in [9.17, 15) is 35.9 Å². The van der Waals surface area contributed by atoms with Gasteiger partial charge in [0.15, 0.2) is 4.96 Å². The van der Waals surface area contributed by atoms with E-state index < -0.39 is 47.0 Å². The first kappa shape index (κ1) is 38.8. The lowest BCUT2D eigenvalue weighted by Gasteiger charge is -2.31. The van der Waals surface area contributed by atoms with Gasteiger partial charge in [0.2, 0.25) is 11.8 Å². The summed E-state index contributed by atoms with van der Waals surface area (Å²) in [6.45, 7) is 5.52. The van der Waals surface area contributed by atoms with Crippen LogP contribution >= 0.6 is 11.3 Å². The van der Waals surface area contributed by atoms with Crippen LogP contribution in [0.5, 0.6) is 5.75 Å². The van der Waals surface area contributed by atoms with Gasteiger partial charge in [0.1, 0.15) is 18.4 Å². The zero-order valence-electron chi connectivity index (χ0n) is 29.9. The van der Waals surface area contributed by atoms with Gasteiger partial charge in [0, 0.05) is 62.2 Å². The highest BCUT2D eigenvalue weighted by Gasteiger charge is 2.39. The third kappa shape index (κ3) is 8.82. The van der Waals surface area contributed by atoms with E-state index in [2.05, 4.69) is 10.2 Å². The average Bonchev–Trinajstić information content (AvgIpc) is 3.73. The highest BCUT2D eigenvalue weighted by atomic mass is 32.1. The SMILES string of the molecule is CC(=O)N(c1cc(C(F)(F)F)cc(C(F)(F)F)c1)C(Cc1ccccc1)C(=O)Nc1ccc(-c2cn3c(n2)sc2ccc(OCCN4CCOCC4)cc23)cc1. The minimum absolute atomic E-state index is 0.0254. The number of halogens is 6. The number of alkyl halides is 6. The van der Waals surface area contributed by atoms with E-state index in [1.165, 1.54) is 11.3 Å². The molecule has 0 bridgehead atoms. The first-order valence-corrected chi connectivity index (χ1v) is 18.4. The third-order valence-electron chi connectivity index (χ3n) is 9.37. The molecule has 3 heterocycles. The number of carbonyl (C=O) groups excluding carboxylic acids is 2. The number of benzene rings is 4. The van der Waals surface area contributed by atoms with Crippen molar-refractivity contribution in [2.45, 2.75) is 31.7 Å². The second-order valence-corrected chi connectivity index (χ2v) is 14.2. The van der Waals surface area contributed by atoms with Gasteiger partial charge in [-0.15, -0.1) is 0 Å². The van der Waals surface area contributed by atoms with E-state index in [0.717, 1.165) is 66.3 Å². The summed E-state index contributed by atoms with van der Waals surface area (Å²) in [5, 5.41) is 2.70. The zero-order chi connectivity index (χ0) is 39.6. The second-order valence-electron chi connectivity index (χ2n) is 13.2. The molecule has 2 aromatic heterocycles. The van der Waals surface area contributed by atoms with Gasteiger partial charge >= 0.3 is 12.4 Å². The van der Waals surface area contributed by atoms with Crippen LogP contribution in [0.4, 0.5) is 37.7 Å². The van der Waals surface area contributed by atoms with Crippen LogP contribution in [-0.4, -0.2) is 71.6 Å². The van der Waals surface area contributed by atoms with Crippen LogP contribution in [0.1, 0.15) is 23.6 Å². The third-order valence-corrected chi connectivity index (χ3v) is 10.4. The monoisotopic (exact) mass is 795 g/mol. The second kappa shape index (κ2) is 16.0. The summed E-state index contributed by atoms with van der Waals surface area (Å²) in [7, 11) is 0. The molecule has 1 aliphatic heterocycles. The average molecular weight is 796 g/mol. The molecule has 0 spiro atoms. The van der Waals surface area contributed by atoms with Gasteiger partial charge in [0.05, 0.1) is 40.3 Å². The lowest BCUT2D eigenvalue weighted by atomic mass is 10.0. The summed E-state index contributed by atoms with van der Waals surface area (Å²) < 4.78 is 97.3. The Morgan fingerprint density at radius 3 is 2.23 bits per heavy atom. The summed E-state index contributed by atoms with van der Waals surface area (Å²) in [6, 6.07) is 20.2. The Hall–Kier alpha value is -5.45. The molecule has 7 rings (SSSR count). The fraction of sp³-hybridized carbons (Fsp3) is 0.275. The molecule has 1 atom stereocenters. The predicted molar refractivity (Wildman–Crippen MR) is 201 cm³/mol. The molecule has 1 N–H and O–H groups in total. The van der Waals surface area contributed by atoms with Gasteiger partial charge in [-0.2, -0.15) is 26.3 Å². The molecule has 2 amide bonds. The van der Waals surface area contributed by atoms with E-state index in [1.807, 2.05) is 28.8 Å². The molecule has 6 aromatic rings. The molecule has 0 aliphatic carbocycles. The van der Waals surface area contributed by atoms with Gasteiger partial charge in [-0.05, 0) is 48.0 Å². The Kier molecular flexibility index (Phi) is 11.1. The molecule has 1 unspecified atom stereocenters. The van der Waals surface area contributed by atoms with E-state index in [-0.39, 0.29) is 18.2 Å². The van der Waals surface area contributed by atoms with Gasteiger partial charge in [-0.1, -0.05) is 53.8 Å². The number of hydrogen-bond acceptors (Lipinski definition) is 7. The number of aromatic nitrogens is 2. The van der Waals surface area contributed by atoms with Gasteiger partial charge in [-0.25, -0.2) is 4.98 Å². The molecular formula is C40H35F6N5O4S. The Morgan fingerprint density at radius 2 is 1.59 bits per heavy atom. The van der Waals surface area contributed by atoms with Crippen LogP contribution in [0, 0.1) is 0 Å². The Bertz CT molecular complexity index is 2310. The number of morpholine rings is 1.